The summed E-state index contributed by atoms with van der Waals surface area (Å²) in [5.41, 5.74) is 0. The number of aliphatic carboxylic acids is 1. The second-order valence-corrected chi connectivity index (χ2v) is 8.81. The third kappa shape index (κ3) is 4.48. The molecule has 2 aliphatic heterocycles. The molecular weight excluding hydrogens is 372 g/mol. The second kappa shape index (κ2) is 8.37. The lowest BCUT2D eigenvalue weighted by molar-refractivity contribution is -0.149. The van der Waals surface area contributed by atoms with E-state index in [0.717, 1.165) is 0 Å². The first-order valence-corrected chi connectivity index (χ1v) is 10.5. The molecule has 148 valence electrons. The van der Waals surface area contributed by atoms with E-state index in [1.54, 1.807) is 35.2 Å². The average Bonchev–Trinajstić information content (AvgIpc) is 2.68. The largest absolute Gasteiger partial charge is 0.481 e. The summed E-state index contributed by atoms with van der Waals surface area (Å²) in [6, 6.07) is 7.68. The fraction of sp³-hybridized carbons (Fsp3) is 0.556. The van der Waals surface area contributed by atoms with Crippen molar-refractivity contribution in [2.75, 3.05) is 32.8 Å². The monoisotopic (exact) mass is 396 g/mol. The maximum absolute atomic E-state index is 13.0. The number of carbonyl (C=O) groups is 2. The first-order chi connectivity index (χ1) is 12.9. The molecule has 27 heavy (non-hydrogen) atoms. The van der Waals surface area contributed by atoms with Crippen molar-refractivity contribution in [2.24, 2.45) is 5.92 Å². The number of hydrogen-bond acceptors (Lipinski definition) is 5. The number of carboxylic acids is 1. The predicted molar refractivity (Wildman–Crippen MR) is 96.5 cm³/mol. The Kier molecular flexibility index (Phi) is 6.13. The Bertz CT molecular complexity index is 782. The number of piperidine rings is 1. The van der Waals surface area contributed by atoms with E-state index in [1.807, 2.05) is 0 Å². The highest BCUT2D eigenvalue weighted by Crippen LogP contribution is 2.26. The number of benzene rings is 1. The fourth-order valence-electron chi connectivity index (χ4n) is 3.65. The number of sulfonamides is 1. The number of carbonyl (C=O) groups excluding carboxylic acids is 1. The van der Waals surface area contributed by atoms with Gasteiger partial charge in [-0.15, -0.1) is 0 Å². The van der Waals surface area contributed by atoms with Gasteiger partial charge in [0.15, 0.2) is 0 Å². The van der Waals surface area contributed by atoms with Gasteiger partial charge in [-0.25, -0.2) is 8.42 Å². The molecule has 0 aromatic heterocycles. The molecule has 0 spiro atoms. The van der Waals surface area contributed by atoms with Crippen LogP contribution < -0.4 is 0 Å². The number of hydrogen-bond donors (Lipinski definition) is 1. The van der Waals surface area contributed by atoms with Gasteiger partial charge in [0, 0.05) is 19.6 Å². The van der Waals surface area contributed by atoms with E-state index in [4.69, 9.17) is 9.84 Å². The van der Waals surface area contributed by atoms with Crippen LogP contribution in [0.5, 0.6) is 0 Å². The minimum atomic E-state index is -3.65. The highest BCUT2D eigenvalue weighted by Gasteiger charge is 2.38. The van der Waals surface area contributed by atoms with Crippen LogP contribution >= 0.6 is 0 Å². The Labute approximate surface area is 158 Å². The Morgan fingerprint density at radius 3 is 2.63 bits per heavy atom. The first kappa shape index (κ1) is 19.8. The van der Waals surface area contributed by atoms with Crippen LogP contribution in [0.2, 0.25) is 0 Å². The summed E-state index contributed by atoms with van der Waals surface area (Å²) in [5, 5.41) is 9.07. The molecular formula is C18H24N2O6S. The Balaban J connectivity index is 1.73. The standard InChI is InChI=1S/C18H24N2O6S/c21-17(22)11-15-13-26-10-9-20(15)18(23)14-5-4-8-19(12-14)27(24,25)16-6-2-1-3-7-16/h1-3,6-7,14-15H,4-5,8-13H2,(H,21,22). The van der Waals surface area contributed by atoms with Crippen molar-refractivity contribution >= 4 is 21.9 Å². The van der Waals surface area contributed by atoms with Crippen molar-refractivity contribution in [3.05, 3.63) is 30.3 Å². The maximum Gasteiger partial charge on any atom is 0.305 e. The zero-order valence-corrected chi connectivity index (χ0v) is 15.8. The van der Waals surface area contributed by atoms with Crippen LogP contribution in [0.25, 0.3) is 0 Å². The van der Waals surface area contributed by atoms with E-state index in [-0.39, 0.29) is 30.4 Å². The fourth-order valence-corrected chi connectivity index (χ4v) is 5.20. The summed E-state index contributed by atoms with van der Waals surface area (Å²) < 4.78 is 32.4. The molecule has 3 rings (SSSR count). The van der Waals surface area contributed by atoms with E-state index < -0.39 is 28.0 Å². The molecule has 1 N–H and O–H groups in total. The summed E-state index contributed by atoms with van der Waals surface area (Å²) in [7, 11) is -3.65. The zero-order chi connectivity index (χ0) is 19.4. The third-order valence-electron chi connectivity index (χ3n) is 5.04. The molecule has 2 unspecified atom stereocenters. The number of ether oxygens (including phenoxy) is 1. The molecule has 1 amide bonds. The summed E-state index contributed by atoms with van der Waals surface area (Å²) >= 11 is 0. The molecule has 1 aromatic carbocycles. The average molecular weight is 396 g/mol. The van der Waals surface area contributed by atoms with Crippen LogP contribution in [-0.2, 0) is 24.3 Å². The van der Waals surface area contributed by atoms with Crippen LogP contribution in [0, 0.1) is 5.92 Å². The number of carboxylic acid groups (broad SMARTS) is 1. The lowest BCUT2D eigenvalue weighted by Crippen LogP contribution is -2.54. The molecule has 2 heterocycles. The van der Waals surface area contributed by atoms with Crippen LogP contribution in [0.3, 0.4) is 0 Å². The predicted octanol–water partition coefficient (Wildman–Crippen LogP) is 0.789. The molecule has 0 aliphatic carbocycles. The Morgan fingerprint density at radius 1 is 1.19 bits per heavy atom. The van der Waals surface area contributed by atoms with Gasteiger partial charge in [0.1, 0.15) is 0 Å². The van der Waals surface area contributed by atoms with Crippen LogP contribution in [0.15, 0.2) is 35.2 Å². The van der Waals surface area contributed by atoms with Gasteiger partial charge in [0.05, 0.1) is 36.5 Å². The molecule has 0 radical (unpaired) electrons. The maximum atomic E-state index is 13.0. The SMILES string of the molecule is O=C(O)CC1COCCN1C(=O)C1CCCN(S(=O)(=O)c2ccccc2)C1. The van der Waals surface area contributed by atoms with E-state index in [1.165, 1.54) is 4.31 Å². The zero-order valence-electron chi connectivity index (χ0n) is 15.0. The molecule has 2 fully saturated rings. The lowest BCUT2D eigenvalue weighted by Gasteiger charge is -2.39. The molecule has 2 aliphatic rings. The van der Waals surface area contributed by atoms with E-state index in [2.05, 4.69) is 0 Å². The van der Waals surface area contributed by atoms with Crippen LogP contribution in [-0.4, -0.2) is 73.5 Å². The molecule has 8 nitrogen and oxygen atoms in total. The van der Waals surface area contributed by atoms with Gasteiger partial charge in [-0.1, -0.05) is 18.2 Å². The van der Waals surface area contributed by atoms with Crippen molar-refractivity contribution in [2.45, 2.75) is 30.2 Å². The molecule has 9 heteroatoms. The molecule has 1 aromatic rings. The van der Waals surface area contributed by atoms with Crippen molar-refractivity contribution in [1.82, 2.24) is 9.21 Å². The minimum Gasteiger partial charge on any atom is -0.481 e. The van der Waals surface area contributed by atoms with Gasteiger partial charge in [-0.3, -0.25) is 9.59 Å². The molecule has 2 atom stereocenters. The highest BCUT2D eigenvalue weighted by molar-refractivity contribution is 7.89. The number of nitrogens with zero attached hydrogens (tertiary/aromatic N) is 2. The van der Waals surface area contributed by atoms with Crippen LogP contribution in [0.1, 0.15) is 19.3 Å². The van der Waals surface area contributed by atoms with E-state index >= 15 is 0 Å². The van der Waals surface area contributed by atoms with Crippen molar-refractivity contribution in [3.63, 3.8) is 0 Å². The van der Waals surface area contributed by atoms with Crippen LogP contribution in [0.4, 0.5) is 0 Å². The lowest BCUT2D eigenvalue weighted by atomic mass is 9.96. The topological polar surface area (TPSA) is 104 Å². The number of amides is 1. The minimum absolute atomic E-state index is 0.118. The number of rotatable bonds is 5. The second-order valence-electron chi connectivity index (χ2n) is 6.87. The Hall–Kier alpha value is -1.97. The van der Waals surface area contributed by atoms with Crippen molar-refractivity contribution in [1.29, 1.82) is 0 Å². The van der Waals surface area contributed by atoms with Gasteiger partial charge in [0.25, 0.3) is 0 Å². The van der Waals surface area contributed by atoms with Crippen molar-refractivity contribution < 1.29 is 27.9 Å². The smallest absolute Gasteiger partial charge is 0.305 e. The quantitative estimate of drug-likeness (QED) is 0.789. The van der Waals surface area contributed by atoms with Gasteiger partial charge >= 0.3 is 5.97 Å². The molecule has 0 bridgehead atoms. The normalized spacial score (nSPS) is 24.5. The summed E-state index contributed by atoms with van der Waals surface area (Å²) in [4.78, 5) is 25.9. The first-order valence-electron chi connectivity index (χ1n) is 9.05. The van der Waals surface area contributed by atoms with E-state index in [0.29, 0.717) is 32.5 Å². The third-order valence-corrected chi connectivity index (χ3v) is 6.91. The number of morpholine rings is 1. The summed E-state index contributed by atoms with van der Waals surface area (Å²) in [5.74, 6) is -1.63. The van der Waals surface area contributed by atoms with Gasteiger partial charge in [-0.2, -0.15) is 4.31 Å². The van der Waals surface area contributed by atoms with Gasteiger partial charge < -0.3 is 14.7 Å². The molecule has 0 saturated carbocycles. The van der Waals surface area contributed by atoms with Gasteiger partial charge in [0.2, 0.25) is 15.9 Å². The highest BCUT2D eigenvalue weighted by atomic mass is 32.2. The Morgan fingerprint density at radius 2 is 1.93 bits per heavy atom. The summed E-state index contributed by atoms with van der Waals surface area (Å²) in [6.07, 6.45) is 1.01. The van der Waals surface area contributed by atoms with Crippen molar-refractivity contribution in [3.8, 4) is 0 Å². The summed E-state index contributed by atoms with van der Waals surface area (Å²) in [6.45, 7) is 1.38. The van der Waals surface area contributed by atoms with Gasteiger partial charge in [-0.05, 0) is 25.0 Å². The molecule has 2 saturated heterocycles. The van der Waals surface area contributed by atoms with E-state index in [9.17, 15) is 18.0 Å².